The predicted octanol–water partition coefficient (Wildman–Crippen LogP) is 2.51. The van der Waals surface area contributed by atoms with E-state index in [4.69, 9.17) is 16.7 Å². The zero-order valence-electron chi connectivity index (χ0n) is 9.41. The molecule has 1 heterocycles. The van der Waals surface area contributed by atoms with Crippen LogP contribution in [0.15, 0.2) is 23.0 Å². The van der Waals surface area contributed by atoms with Crippen LogP contribution in [-0.2, 0) is 6.54 Å². The maximum absolute atomic E-state index is 13.3. The van der Waals surface area contributed by atoms with Crippen LogP contribution in [0.2, 0.25) is 5.02 Å². The van der Waals surface area contributed by atoms with Gasteiger partial charge in [-0.3, -0.25) is 4.79 Å². The molecule has 4 nitrogen and oxygen atoms in total. The van der Waals surface area contributed by atoms with Gasteiger partial charge < -0.3 is 9.67 Å². The molecule has 2 rings (SSSR count). The topological polar surface area (TPSA) is 59.3 Å². The Hall–Kier alpha value is -1.88. The third kappa shape index (κ3) is 1.86. The number of aromatic nitrogens is 1. The molecule has 0 aliphatic carbocycles. The van der Waals surface area contributed by atoms with Crippen molar-refractivity contribution in [1.29, 1.82) is 0 Å². The zero-order chi connectivity index (χ0) is 13.4. The first-order chi connectivity index (χ1) is 8.45. The first-order valence-corrected chi connectivity index (χ1v) is 5.59. The van der Waals surface area contributed by atoms with Crippen LogP contribution in [0.5, 0.6) is 0 Å². The molecule has 0 atom stereocenters. The van der Waals surface area contributed by atoms with Gasteiger partial charge in [-0.1, -0.05) is 11.6 Å². The molecule has 0 saturated heterocycles. The number of fused-ring (bicyclic) bond motifs is 1. The molecule has 1 N–H and O–H groups in total. The summed E-state index contributed by atoms with van der Waals surface area (Å²) in [6, 6.07) is 3.28. The highest BCUT2D eigenvalue weighted by molar-refractivity contribution is 6.31. The van der Waals surface area contributed by atoms with Gasteiger partial charge in [0.15, 0.2) is 5.43 Å². The van der Waals surface area contributed by atoms with Gasteiger partial charge in [-0.05, 0) is 19.1 Å². The first kappa shape index (κ1) is 12.6. The van der Waals surface area contributed by atoms with Crippen molar-refractivity contribution in [3.8, 4) is 0 Å². The number of benzene rings is 1. The van der Waals surface area contributed by atoms with Gasteiger partial charge in [0.2, 0.25) is 0 Å². The van der Waals surface area contributed by atoms with Crippen molar-refractivity contribution in [2.45, 2.75) is 13.5 Å². The van der Waals surface area contributed by atoms with Gasteiger partial charge in [0.25, 0.3) is 0 Å². The second kappa shape index (κ2) is 4.42. The number of aryl methyl sites for hydroxylation is 1. The van der Waals surface area contributed by atoms with Gasteiger partial charge in [0.05, 0.1) is 10.5 Å². The van der Waals surface area contributed by atoms with Crippen molar-refractivity contribution < 1.29 is 14.3 Å². The average molecular weight is 270 g/mol. The maximum atomic E-state index is 13.3. The van der Waals surface area contributed by atoms with Crippen LogP contribution in [0, 0.1) is 5.82 Å². The number of hydrogen-bond donors (Lipinski definition) is 1. The number of aromatic carboxylic acids is 1. The number of carboxylic acids is 1. The summed E-state index contributed by atoms with van der Waals surface area (Å²) in [6.45, 7) is 2.06. The van der Waals surface area contributed by atoms with E-state index >= 15 is 0 Å². The molecule has 0 bridgehead atoms. The summed E-state index contributed by atoms with van der Waals surface area (Å²) >= 11 is 5.66. The van der Waals surface area contributed by atoms with Crippen molar-refractivity contribution in [3.05, 3.63) is 45.0 Å². The molecule has 0 radical (unpaired) electrons. The van der Waals surface area contributed by atoms with Crippen LogP contribution in [-0.4, -0.2) is 15.6 Å². The fourth-order valence-corrected chi connectivity index (χ4v) is 2.04. The van der Waals surface area contributed by atoms with Crippen LogP contribution in [0.1, 0.15) is 17.4 Å². The molecule has 0 fully saturated rings. The molecule has 0 aliphatic heterocycles. The Morgan fingerprint density at radius 2 is 2.11 bits per heavy atom. The number of halogens is 2. The largest absolute Gasteiger partial charge is 0.477 e. The number of carboxylic acid groups (broad SMARTS) is 1. The summed E-state index contributed by atoms with van der Waals surface area (Å²) in [7, 11) is 0. The van der Waals surface area contributed by atoms with E-state index in [2.05, 4.69) is 0 Å². The van der Waals surface area contributed by atoms with E-state index in [0.29, 0.717) is 12.1 Å². The van der Waals surface area contributed by atoms with Crippen LogP contribution >= 0.6 is 11.6 Å². The van der Waals surface area contributed by atoms with Crippen molar-refractivity contribution in [2.75, 3.05) is 0 Å². The molecule has 0 saturated carbocycles. The van der Waals surface area contributed by atoms with Crippen LogP contribution in [0.3, 0.4) is 0 Å². The molecular formula is C12H9ClFNO3. The molecule has 0 amide bonds. The van der Waals surface area contributed by atoms with E-state index in [0.717, 1.165) is 12.1 Å². The summed E-state index contributed by atoms with van der Waals surface area (Å²) in [5, 5.41) is 9.01. The predicted molar refractivity (Wildman–Crippen MR) is 65.8 cm³/mol. The van der Waals surface area contributed by atoms with Crippen LogP contribution < -0.4 is 5.43 Å². The minimum absolute atomic E-state index is 0.115. The molecule has 1 aromatic carbocycles. The van der Waals surface area contributed by atoms with Crippen molar-refractivity contribution in [3.63, 3.8) is 0 Å². The SMILES string of the molecule is CCn1c(C(=O)O)cc(=O)c2cc(F)c(Cl)cc21. The first-order valence-electron chi connectivity index (χ1n) is 5.21. The van der Waals surface area contributed by atoms with Crippen LogP contribution in [0.4, 0.5) is 4.39 Å². The van der Waals surface area contributed by atoms with Crippen molar-refractivity contribution >= 4 is 28.5 Å². The quantitative estimate of drug-likeness (QED) is 0.911. The Balaban J connectivity index is 3.00. The van der Waals surface area contributed by atoms with Gasteiger partial charge in [-0.15, -0.1) is 0 Å². The Bertz CT molecular complexity index is 709. The summed E-state index contributed by atoms with van der Waals surface area (Å²) in [5.74, 6) is -1.91. The molecule has 0 unspecified atom stereocenters. The Kier molecular flexibility index (Phi) is 3.09. The Labute approximate surface area is 106 Å². The Morgan fingerprint density at radius 3 is 2.67 bits per heavy atom. The number of hydrogen-bond acceptors (Lipinski definition) is 2. The standard InChI is InChI=1S/C12H9ClFNO3/c1-2-15-9-4-7(13)8(14)3-6(9)11(16)5-10(15)12(17)18/h3-5H,2H2,1H3,(H,17,18). The summed E-state index contributed by atoms with van der Waals surface area (Å²) in [4.78, 5) is 22.8. The molecule has 2 aromatic rings. The summed E-state index contributed by atoms with van der Waals surface area (Å²) in [6.07, 6.45) is 0. The number of nitrogens with zero attached hydrogens (tertiary/aromatic N) is 1. The summed E-state index contributed by atoms with van der Waals surface area (Å²) in [5.41, 5.74) is -0.367. The smallest absolute Gasteiger partial charge is 0.352 e. The minimum Gasteiger partial charge on any atom is -0.477 e. The van der Waals surface area contributed by atoms with Gasteiger partial charge in [0, 0.05) is 18.0 Å². The number of carbonyl (C=O) groups is 1. The van der Waals surface area contributed by atoms with Crippen molar-refractivity contribution in [1.82, 2.24) is 4.57 Å². The molecule has 6 heteroatoms. The molecule has 1 aromatic heterocycles. The van der Waals surface area contributed by atoms with Gasteiger partial charge in [0.1, 0.15) is 11.5 Å². The zero-order valence-corrected chi connectivity index (χ0v) is 10.2. The Morgan fingerprint density at radius 1 is 1.44 bits per heavy atom. The van der Waals surface area contributed by atoms with E-state index < -0.39 is 17.2 Å². The average Bonchev–Trinajstić information content (AvgIpc) is 2.31. The van der Waals surface area contributed by atoms with Gasteiger partial charge in [-0.2, -0.15) is 0 Å². The molecule has 0 aliphatic rings. The fraction of sp³-hybridized carbons (Fsp3) is 0.167. The second-order valence-electron chi connectivity index (χ2n) is 3.73. The van der Waals surface area contributed by atoms with Crippen LogP contribution in [0.25, 0.3) is 10.9 Å². The highest BCUT2D eigenvalue weighted by Crippen LogP contribution is 2.22. The minimum atomic E-state index is -1.21. The lowest BCUT2D eigenvalue weighted by atomic mass is 10.1. The lowest BCUT2D eigenvalue weighted by Gasteiger charge is -2.12. The van der Waals surface area contributed by atoms with E-state index in [1.54, 1.807) is 6.92 Å². The molecule has 18 heavy (non-hydrogen) atoms. The lowest BCUT2D eigenvalue weighted by Crippen LogP contribution is -2.17. The highest BCUT2D eigenvalue weighted by atomic mass is 35.5. The number of rotatable bonds is 2. The second-order valence-corrected chi connectivity index (χ2v) is 4.13. The van der Waals surface area contributed by atoms with Crippen molar-refractivity contribution in [2.24, 2.45) is 0 Å². The summed E-state index contributed by atoms with van der Waals surface area (Å²) < 4.78 is 14.7. The molecule has 0 spiro atoms. The van der Waals surface area contributed by atoms with Gasteiger partial charge >= 0.3 is 5.97 Å². The normalized spacial score (nSPS) is 10.8. The maximum Gasteiger partial charge on any atom is 0.352 e. The number of pyridine rings is 1. The molecular weight excluding hydrogens is 261 g/mol. The van der Waals surface area contributed by atoms with E-state index in [9.17, 15) is 14.0 Å². The third-order valence-corrected chi connectivity index (χ3v) is 2.98. The monoisotopic (exact) mass is 269 g/mol. The highest BCUT2D eigenvalue weighted by Gasteiger charge is 2.15. The fourth-order valence-electron chi connectivity index (χ4n) is 1.88. The van der Waals surface area contributed by atoms with E-state index in [1.165, 1.54) is 10.6 Å². The molecule has 94 valence electrons. The third-order valence-electron chi connectivity index (χ3n) is 2.69. The van der Waals surface area contributed by atoms with E-state index in [-0.39, 0.29) is 16.1 Å². The van der Waals surface area contributed by atoms with Gasteiger partial charge in [-0.25, -0.2) is 9.18 Å². The van der Waals surface area contributed by atoms with E-state index in [1.807, 2.05) is 0 Å². The lowest BCUT2D eigenvalue weighted by molar-refractivity contribution is 0.0685.